The van der Waals surface area contributed by atoms with Crippen LogP contribution in [0.3, 0.4) is 0 Å². The van der Waals surface area contributed by atoms with E-state index in [1.54, 1.807) is 12.4 Å². The summed E-state index contributed by atoms with van der Waals surface area (Å²) in [5.41, 5.74) is 1.88. The highest BCUT2D eigenvalue weighted by Crippen LogP contribution is 2.38. The summed E-state index contributed by atoms with van der Waals surface area (Å²) in [4.78, 5) is 18.5. The van der Waals surface area contributed by atoms with Crippen molar-refractivity contribution < 1.29 is 9.90 Å². The first-order chi connectivity index (χ1) is 8.00. The molecule has 3 heterocycles. The molecule has 0 saturated carbocycles. The highest BCUT2D eigenvalue weighted by atomic mass is 16.4. The van der Waals surface area contributed by atoms with E-state index in [9.17, 15) is 4.79 Å². The van der Waals surface area contributed by atoms with Crippen molar-refractivity contribution in [2.75, 3.05) is 0 Å². The Hall–Kier alpha value is -2.04. The maximum Gasteiger partial charge on any atom is 0.337 e. The Labute approximate surface area is 98.1 Å². The van der Waals surface area contributed by atoms with Gasteiger partial charge in [-0.3, -0.25) is 0 Å². The Morgan fingerprint density at radius 3 is 3.06 bits per heavy atom. The highest BCUT2D eigenvalue weighted by Gasteiger charge is 2.34. The van der Waals surface area contributed by atoms with Crippen LogP contribution in [-0.2, 0) is 12.0 Å². The second-order valence-electron chi connectivity index (χ2n) is 4.97. The fourth-order valence-corrected chi connectivity index (χ4v) is 2.52. The lowest BCUT2D eigenvalue weighted by Crippen LogP contribution is -2.32. The smallest absolute Gasteiger partial charge is 0.337 e. The average Bonchev–Trinajstić information content (AvgIpc) is 2.80. The molecule has 2 aromatic rings. The molecule has 0 saturated heterocycles. The molecule has 5 heteroatoms. The van der Waals surface area contributed by atoms with Crippen molar-refractivity contribution in [3.63, 3.8) is 0 Å². The number of hydrogen-bond acceptors (Lipinski definition) is 2. The zero-order valence-electron chi connectivity index (χ0n) is 9.69. The number of rotatable bonds is 1. The van der Waals surface area contributed by atoms with Gasteiger partial charge in [-0.25, -0.2) is 9.78 Å². The van der Waals surface area contributed by atoms with Gasteiger partial charge in [0.05, 0.1) is 11.1 Å². The number of nitrogens with zero attached hydrogens (tertiary/aromatic N) is 2. The number of carboxylic acids is 1. The molecule has 0 aromatic carbocycles. The number of aromatic nitrogens is 3. The van der Waals surface area contributed by atoms with Crippen molar-refractivity contribution in [2.24, 2.45) is 0 Å². The van der Waals surface area contributed by atoms with Crippen LogP contribution >= 0.6 is 0 Å². The van der Waals surface area contributed by atoms with E-state index in [-0.39, 0.29) is 5.54 Å². The van der Waals surface area contributed by atoms with Crippen molar-refractivity contribution >= 4 is 5.97 Å². The molecule has 3 rings (SSSR count). The van der Waals surface area contributed by atoms with Gasteiger partial charge in [0.25, 0.3) is 0 Å². The lowest BCUT2D eigenvalue weighted by molar-refractivity contribution is 0.0697. The molecule has 2 N–H and O–H groups in total. The first-order valence-corrected chi connectivity index (χ1v) is 5.48. The predicted octanol–water partition coefficient (Wildman–Crippen LogP) is 1.87. The van der Waals surface area contributed by atoms with Crippen LogP contribution in [0.1, 0.15) is 29.9 Å². The SMILES string of the molecule is CC1(C)Cc2[nH]cc(C(=O)O)c2-c2nccn21. The number of carboxylic acid groups (broad SMARTS) is 1. The van der Waals surface area contributed by atoms with Crippen molar-refractivity contribution in [3.8, 4) is 11.4 Å². The van der Waals surface area contributed by atoms with Gasteiger partial charge in [0, 0.05) is 36.2 Å². The van der Waals surface area contributed by atoms with E-state index < -0.39 is 5.97 Å². The number of aromatic amines is 1. The number of carbonyl (C=O) groups is 1. The summed E-state index contributed by atoms with van der Waals surface area (Å²) < 4.78 is 2.04. The number of fused-ring (bicyclic) bond motifs is 3. The van der Waals surface area contributed by atoms with Gasteiger partial charge >= 0.3 is 5.97 Å². The monoisotopic (exact) mass is 231 g/mol. The molecule has 0 amide bonds. The van der Waals surface area contributed by atoms with Crippen molar-refractivity contribution in [1.82, 2.24) is 14.5 Å². The third kappa shape index (κ3) is 1.25. The second kappa shape index (κ2) is 3.00. The number of aromatic carboxylic acids is 1. The minimum atomic E-state index is -0.920. The topological polar surface area (TPSA) is 70.9 Å². The molecule has 2 aromatic heterocycles. The van der Waals surface area contributed by atoms with Crippen LogP contribution in [0.2, 0.25) is 0 Å². The number of nitrogens with one attached hydrogen (secondary N) is 1. The lowest BCUT2D eigenvalue weighted by Gasteiger charge is -2.32. The predicted molar refractivity (Wildman–Crippen MR) is 62.0 cm³/mol. The largest absolute Gasteiger partial charge is 0.478 e. The van der Waals surface area contributed by atoms with Crippen LogP contribution in [-0.4, -0.2) is 25.6 Å². The third-order valence-corrected chi connectivity index (χ3v) is 3.32. The van der Waals surface area contributed by atoms with Crippen LogP contribution in [0.25, 0.3) is 11.4 Å². The van der Waals surface area contributed by atoms with Gasteiger partial charge in [0.15, 0.2) is 0 Å². The summed E-state index contributed by atoms with van der Waals surface area (Å²) in [5, 5.41) is 9.17. The lowest BCUT2D eigenvalue weighted by atomic mass is 9.91. The molecule has 0 atom stereocenters. The van der Waals surface area contributed by atoms with Crippen LogP contribution in [0, 0.1) is 0 Å². The van der Waals surface area contributed by atoms with E-state index in [2.05, 4.69) is 23.8 Å². The summed E-state index contributed by atoms with van der Waals surface area (Å²) in [6.45, 7) is 4.23. The first-order valence-electron chi connectivity index (χ1n) is 5.48. The number of H-pyrrole nitrogens is 1. The molecular formula is C12H13N3O2. The van der Waals surface area contributed by atoms with Crippen LogP contribution in [0.5, 0.6) is 0 Å². The molecule has 0 aliphatic carbocycles. The average molecular weight is 231 g/mol. The summed E-state index contributed by atoms with van der Waals surface area (Å²) in [6, 6.07) is 0. The fourth-order valence-electron chi connectivity index (χ4n) is 2.52. The van der Waals surface area contributed by atoms with Gasteiger partial charge in [-0.05, 0) is 13.8 Å². The normalized spacial score (nSPS) is 16.4. The van der Waals surface area contributed by atoms with E-state index in [0.717, 1.165) is 23.5 Å². The maximum atomic E-state index is 11.2. The summed E-state index contributed by atoms with van der Waals surface area (Å²) in [6.07, 6.45) is 5.94. The van der Waals surface area contributed by atoms with E-state index in [1.165, 1.54) is 0 Å². The Morgan fingerprint density at radius 2 is 2.35 bits per heavy atom. The van der Waals surface area contributed by atoms with Crippen molar-refractivity contribution in [2.45, 2.75) is 25.8 Å². The van der Waals surface area contributed by atoms with Crippen molar-refractivity contribution in [3.05, 3.63) is 29.8 Å². The van der Waals surface area contributed by atoms with Crippen LogP contribution in [0.15, 0.2) is 18.6 Å². The molecular weight excluding hydrogens is 218 g/mol. The van der Waals surface area contributed by atoms with Gasteiger partial charge in [-0.2, -0.15) is 0 Å². The highest BCUT2D eigenvalue weighted by molar-refractivity contribution is 5.96. The van der Waals surface area contributed by atoms with Gasteiger partial charge in [0.2, 0.25) is 0 Å². The van der Waals surface area contributed by atoms with E-state index in [0.29, 0.717) is 5.56 Å². The van der Waals surface area contributed by atoms with Crippen LogP contribution < -0.4 is 0 Å². The minimum Gasteiger partial charge on any atom is -0.478 e. The van der Waals surface area contributed by atoms with Gasteiger partial charge in [-0.1, -0.05) is 0 Å². The first kappa shape index (κ1) is 10.1. The second-order valence-corrected chi connectivity index (χ2v) is 4.97. The quantitative estimate of drug-likeness (QED) is 0.787. The summed E-state index contributed by atoms with van der Waals surface area (Å²) in [5.74, 6) is -0.188. The van der Waals surface area contributed by atoms with E-state index in [4.69, 9.17) is 5.11 Å². The Balaban J connectivity index is 2.31. The molecule has 88 valence electrons. The minimum absolute atomic E-state index is 0.0839. The molecule has 1 aliphatic rings. The molecule has 1 aliphatic heterocycles. The van der Waals surface area contributed by atoms with Crippen LogP contribution in [0.4, 0.5) is 0 Å². The molecule has 0 spiro atoms. The molecule has 5 nitrogen and oxygen atoms in total. The fraction of sp³-hybridized carbons (Fsp3) is 0.333. The van der Waals surface area contributed by atoms with E-state index in [1.807, 2.05) is 10.8 Å². The summed E-state index contributed by atoms with van der Waals surface area (Å²) >= 11 is 0. The molecule has 0 bridgehead atoms. The molecule has 17 heavy (non-hydrogen) atoms. The third-order valence-electron chi connectivity index (χ3n) is 3.32. The van der Waals surface area contributed by atoms with Gasteiger partial charge in [0.1, 0.15) is 5.82 Å². The van der Waals surface area contributed by atoms with E-state index >= 15 is 0 Å². The van der Waals surface area contributed by atoms with Crippen molar-refractivity contribution in [1.29, 1.82) is 0 Å². The Morgan fingerprint density at radius 1 is 1.59 bits per heavy atom. The number of hydrogen-bond donors (Lipinski definition) is 2. The van der Waals surface area contributed by atoms with Gasteiger partial charge < -0.3 is 14.7 Å². The zero-order chi connectivity index (χ0) is 12.2. The zero-order valence-corrected chi connectivity index (χ0v) is 9.69. The Bertz CT molecular complexity index is 607. The summed E-state index contributed by atoms with van der Waals surface area (Å²) in [7, 11) is 0. The molecule has 0 unspecified atom stereocenters. The Kier molecular flexibility index (Phi) is 1.79. The molecule has 0 radical (unpaired) electrons. The maximum absolute atomic E-state index is 11.2. The standard InChI is InChI=1S/C12H13N3O2/c1-12(2)5-8-9(7(6-14-8)11(16)17)10-13-3-4-15(10)12/h3-4,6,14H,5H2,1-2H3,(H,16,17). The number of imidazole rings is 1. The van der Waals surface area contributed by atoms with Gasteiger partial charge in [-0.15, -0.1) is 0 Å². The molecule has 0 fully saturated rings.